The Hall–Kier alpha value is -1.13. The zero-order valence-corrected chi connectivity index (χ0v) is 9.06. The molecule has 0 aliphatic carbocycles. The predicted molar refractivity (Wildman–Crippen MR) is 59.9 cm³/mol. The molecule has 72 valence electrons. The molecule has 3 nitrogen and oxygen atoms in total. The fourth-order valence-electron chi connectivity index (χ4n) is 1.10. The Morgan fingerprint density at radius 3 is 2.57 bits per heavy atom. The number of thiophene rings is 1. The van der Waals surface area contributed by atoms with E-state index in [1.54, 1.807) is 19.4 Å². The van der Waals surface area contributed by atoms with Crippen molar-refractivity contribution >= 4 is 28.9 Å². The van der Waals surface area contributed by atoms with Gasteiger partial charge in [-0.05, 0) is 11.4 Å². The minimum atomic E-state index is 0.611. The molecule has 0 spiro atoms. The van der Waals surface area contributed by atoms with Crippen LogP contribution in [0.5, 0.6) is 0 Å². The first-order chi connectivity index (χ1) is 6.81. The third-order valence-electron chi connectivity index (χ3n) is 1.80. The van der Waals surface area contributed by atoms with Gasteiger partial charge in [-0.2, -0.15) is 0 Å². The lowest BCUT2D eigenvalue weighted by Crippen LogP contribution is -1.94. The molecule has 0 fully saturated rings. The van der Waals surface area contributed by atoms with Crippen molar-refractivity contribution in [1.29, 1.82) is 0 Å². The topological polar surface area (TPSA) is 37.8 Å². The van der Waals surface area contributed by atoms with Gasteiger partial charge in [-0.3, -0.25) is 0 Å². The third kappa shape index (κ3) is 1.71. The monoisotopic (exact) mass is 225 g/mol. The molecule has 0 aromatic carbocycles. The highest BCUT2D eigenvalue weighted by molar-refractivity contribution is 7.15. The largest absolute Gasteiger partial charge is 0.357 e. The molecule has 0 aliphatic rings. The van der Waals surface area contributed by atoms with Gasteiger partial charge in [0.2, 0.25) is 5.95 Å². The van der Waals surface area contributed by atoms with Gasteiger partial charge >= 0.3 is 0 Å². The number of hydrogen-bond acceptors (Lipinski definition) is 4. The van der Waals surface area contributed by atoms with E-state index in [0.29, 0.717) is 5.95 Å². The molecule has 0 amide bonds. The van der Waals surface area contributed by atoms with E-state index in [0.717, 1.165) is 15.5 Å². The fourth-order valence-corrected chi connectivity index (χ4v) is 2.06. The van der Waals surface area contributed by atoms with E-state index in [-0.39, 0.29) is 0 Å². The second-order valence-corrected chi connectivity index (χ2v) is 4.17. The molecule has 1 N–H and O–H groups in total. The first kappa shape index (κ1) is 9.43. The van der Waals surface area contributed by atoms with Crippen LogP contribution in [0.4, 0.5) is 5.95 Å². The van der Waals surface area contributed by atoms with E-state index in [9.17, 15) is 0 Å². The van der Waals surface area contributed by atoms with Crippen LogP contribution in [0, 0.1) is 0 Å². The summed E-state index contributed by atoms with van der Waals surface area (Å²) in [6.07, 6.45) is 3.51. The highest BCUT2D eigenvalue weighted by Gasteiger charge is 2.05. The Morgan fingerprint density at radius 2 is 2.07 bits per heavy atom. The second kappa shape index (κ2) is 3.94. The highest BCUT2D eigenvalue weighted by Crippen LogP contribution is 2.31. The third-order valence-corrected chi connectivity index (χ3v) is 2.97. The molecular formula is C9H8ClN3S. The van der Waals surface area contributed by atoms with Gasteiger partial charge in [0.05, 0.1) is 0 Å². The van der Waals surface area contributed by atoms with Crippen molar-refractivity contribution in [3.63, 3.8) is 0 Å². The van der Waals surface area contributed by atoms with Crippen molar-refractivity contribution in [2.24, 2.45) is 0 Å². The summed E-state index contributed by atoms with van der Waals surface area (Å²) in [5, 5.41) is 4.81. The van der Waals surface area contributed by atoms with Crippen LogP contribution in [-0.2, 0) is 0 Å². The van der Waals surface area contributed by atoms with Gasteiger partial charge in [0.15, 0.2) is 0 Å². The highest BCUT2D eigenvalue weighted by atomic mass is 35.5. The molecule has 2 aromatic heterocycles. The molecule has 0 saturated heterocycles. The number of nitrogens with one attached hydrogen (secondary N) is 1. The fraction of sp³-hybridized carbons (Fsp3) is 0.111. The minimum absolute atomic E-state index is 0.611. The summed E-state index contributed by atoms with van der Waals surface area (Å²) < 4.78 is 0.769. The van der Waals surface area contributed by atoms with E-state index < -0.39 is 0 Å². The van der Waals surface area contributed by atoms with E-state index in [1.165, 1.54) is 11.3 Å². The first-order valence-corrected chi connectivity index (χ1v) is 5.30. The van der Waals surface area contributed by atoms with Crippen LogP contribution < -0.4 is 5.32 Å². The van der Waals surface area contributed by atoms with Crippen molar-refractivity contribution in [3.05, 3.63) is 28.2 Å². The number of nitrogens with zero attached hydrogens (tertiary/aromatic N) is 2. The van der Waals surface area contributed by atoms with Crippen molar-refractivity contribution in [3.8, 4) is 11.1 Å². The number of hydrogen-bond donors (Lipinski definition) is 1. The average Bonchev–Trinajstić information content (AvgIpc) is 2.65. The summed E-state index contributed by atoms with van der Waals surface area (Å²) >= 11 is 7.50. The van der Waals surface area contributed by atoms with Crippen LogP contribution in [0.3, 0.4) is 0 Å². The van der Waals surface area contributed by atoms with Gasteiger partial charge < -0.3 is 5.32 Å². The molecule has 0 unspecified atom stereocenters. The molecule has 5 heteroatoms. The van der Waals surface area contributed by atoms with Crippen LogP contribution in [0.25, 0.3) is 11.1 Å². The van der Waals surface area contributed by atoms with Gasteiger partial charge in [0.25, 0.3) is 0 Å². The summed E-state index contributed by atoms with van der Waals surface area (Å²) in [4.78, 5) is 8.24. The smallest absolute Gasteiger partial charge is 0.222 e. The van der Waals surface area contributed by atoms with Crippen molar-refractivity contribution in [2.75, 3.05) is 12.4 Å². The van der Waals surface area contributed by atoms with Gasteiger partial charge in [0, 0.05) is 30.6 Å². The van der Waals surface area contributed by atoms with E-state index >= 15 is 0 Å². The van der Waals surface area contributed by atoms with E-state index in [4.69, 9.17) is 11.6 Å². The van der Waals surface area contributed by atoms with Crippen LogP contribution >= 0.6 is 22.9 Å². The molecule has 2 aromatic rings. The Kier molecular flexibility index (Phi) is 2.65. The molecule has 2 heterocycles. The summed E-state index contributed by atoms with van der Waals surface area (Å²) in [6.45, 7) is 0. The number of aromatic nitrogens is 2. The molecule has 14 heavy (non-hydrogen) atoms. The van der Waals surface area contributed by atoms with Crippen LogP contribution in [0.15, 0.2) is 23.8 Å². The van der Waals surface area contributed by atoms with Gasteiger partial charge in [-0.25, -0.2) is 9.97 Å². The maximum atomic E-state index is 6.00. The zero-order valence-electron chi connectivity index (χ0n) is 7.49. The van der Waals surface area contributed by atoms with E-state index in [1.807, 2.05) is 11.4 Å². The molecule has 0 aliphatic heterocycles. The van der Waals surface area contributed by atoms with Crippen LogP contribution in [-0.4, -0.2) is 17.0 Å². The molecule has 2 rings (SSSR count). The summed E-state index contributed by atoms with van der Waals surface area (Å²) in [7, 11) is 1.78. The minimum Gasteiger partial charge on any atom is -0.357 e. The quantitative estimate of drug-likeness (QED) is 0.854. The number of rotatable bonds is 2. The molecule has 0 radical (unpaired) electrons. The molecule has 0 saturated carbocycles. The summed E-state index contributed by atoms with van der Waals surface area (Å²) in [6, 6.07) is 1.96. The van der Waals surface area contributed by atoms with Crippen molar-refractivity contribution < 1.29 is 0 Å². The van der Waals surface area contributed by atoms with Gasteiger partial charge in [-0.15, -0.1) is 11.3 Å². The molecule has 0 atom stereocenters. The maximum absolute atomic E-state index is 6.00. The number of anilines is 1. The first-order valence-electron chi connectivity index (χ1n) is 4.04. The lowest BCUT2D eigenvalue weighted by atomic mass is 10.2. The van der Waals surface area contributed by atoms with Crippen molar-refractivity contribution in [1.82, 2.24) is 9.97 Å². The number of halogens is 1. The molecule has 0 bridgehead atoms. The van der Waals surface area contributed by atoms with Crippen LogP contribution in [0.1, 0.15) is 0 Å². The van der Waals surface area contributed by atoms with Gasteiger partial charge in [0.1, 0.15) is 4.34 Å². The van der Waals surface area contributed by atoms with E-state index in [2.05, 4.69) is 15.3 Å². The van der Waals surface area contributed by atoms with Gasteiger partial charge in [-0.1, -0.05) is 11.6 Å². The van der Waals surface area contributed by atoms with Crippen LogP contribution in [0.2, 0.25) is 4.34 Å². The lowest BCUT2D eigenvalue weighted by molar-refractivity contribution is 1.15. The zero-order chi connectivity index (χ0) is 9.97. The Bertz CT molecular complexity index is 424. The maximum Gasteiger partial charge on any atom is 0.222 e. The normalized spacial score (nSPS) is 10.1. The second-order valence-electron chi connectivity index (χ2n) is 2.65. The Labute approximate surface area is 90.8 Å². The standard InChI is InChI=1S/C9H8ClN3S/c1-11-9-12-4-6(5-13-9)7-2-3-14-8(7)10/h2-5H,1H3,(H,11,12,13). The van der Waals surface area contributed by atoms with Crippen molar-refractivity contribution in [2.45, 2.75) is 0 Å². The SMILES string of the molecule is CNc1ncc(-c2ccsc2Cl)cn1. The average molecular weight is 226 g/mol. The summed E-state index contributed by atoms with van der Waals surface area (Å²) in [5.41, 5.74) is 1.93. The predicted octanol–water partition coefficient (Wildman–Crippen LogP) is 2.90. The Balaban J connectivity index is 2.39. The summed E-state index contributed by atoms with van der Waals surface area (Å²) in [5.74, 6) is 0.611. The molecular weight excluding hydrogens is 218 g/mol. The Morgan fingerprint density at radius 1 is 1.36 bits per heavy atom. The lowest BCUT2D eigenvalue weighted by Gasteiger charge is -2.00.